The van der Waals surface area contributed by atoms with Crippen LogP contribution in [-0.2, 0) is 4.79 Å². The highest BCUT2D eigenvalue weighted by atomic mass is 16.5. The Morgan fingerprint density at radius 3 is 2.47 bits per heavy atom. The topological polar surface area (TPSA) is 84.4 Å². The lowest BCUT2D eigenvalue weighted by molar-refractivity contribution is -0.123. The second-order valence-electron chi connectivity index (χ2n) is 8.62. The molecule has 0 unspecified atom stereocenters. The average molecular weight is 459 g/mol. The van der Waals surface area contributed by atoms with Crippen LogP contribution in [0.2, 0.25) is 0 Å². The number of benzene rings is 2. The molecule has 2 amide bonds. The van der Waals surface area contributed by atoms with Crippen LogP contribution in [0.1, 0.15) is 59.8 Å². The maximum atomic E-state index is 13.8. The van der Waals surface area contributed by atoms with Gasteiger partial charge in [-0.2, -0.15) is 0 Å². The number of carbonyl (C=O) groups excluding carboxylic acids is 2. The molecule has 176 valence electrons. The van der Waals surface area contributed by atoms with Gasteiger partial charge in [0.2, 0.25) is 5.91 Å². The molecule has 4 rings (SSSR count). The van der Waals surface area contributed by atoms with Gasteiger partial charge in [-0.3, -0.25) is 19.5 Å². The van der Waals surface area contributed by atoms with Crippen molar-refractivity contribution in [3.63, 3.8) is 0 Å². The van der Waals surface area contributed by atoms with Gasteiger partial charge in [-0.15, -0.1) is 0 Å². The lowest BCUT2D eigenvalue weighted by Crippen LogP contribution is -2.47. The molecule has 1 fully saturated rings. The second kappa shape index (κ2) is 10.9. The molecule has 3 aromatic rings. The number of amides is 2. The van der Waals surface area contributed by atoms with Crippen LogP contribution in [0.4, 0.5) is 5.69 Å². The molecule has 1 aromatic heterocycles. The minimum absolute atomic E-state index is 0.105. The van der Waals surface area contributed by atoms with Gasteiger partial charge in [-0.1, -0.05) is 43.5 Å². The molecule has 7 heteroatoms. The smallest absolute Gasteiger partial charge is 0.279 e. The summed E-state index contributed by atoms with van der Waals surface area (Å²) in [7, 11) is 1.60. The number of hydrogen-bond donors (Lipinski definition) is 1. The zero-order valence-corrected chi connectivity index (χ0v) is 19.6. The Kier molecular flexibility index (Phi) is 7.52. The first-order valence-corrected chi connectivity index (χ1v) is 11.7. The van der Waals surface area contributed by atoms with E-state index < -0.39 is 11.9 Å². The van der Waals surface area contributed by atoms with Crippen LogP contribution in [0, 0.1) is 6.92 Å². The Morgan fingerprint density at radius 1 is 1.06 bits per heavy atom. The summed E-state index contributed by atoms with van der Waals surface area (Å²) in [5.41, 5.74) is 2.46. The van der Waals surface area contributed by atoms with Crippen molar-refractivity contribution < 1.29 is 14.3 Å². The van der Waals surface area contributed by atoms with Gasteiger partial charge in [0.15, 0.2) is 0 Å². The molecule has 34 heavy (non-hydrogen) atoms. The number of methoxy groups -OCH3 is 1. The van der Waals surface area contributed by atoms with Crippen molar-refractivity contribution in [2.24, 2.45) is 0 Å². The van der Waals surface area contributed by atoms with Crippen molar-refractivity contribution >= 4 is 17.5 Å². The zero-order valence-electron chi connectivity index (χ0n) is 19.6. The van der Waals surface area contributed by atoms with E-state index in [-0.39, 0.29) is 17.6 Å². The number of aryl methyl sites for hydroxylation is 1. The predicted molar refractivity (Wildman–Crippen MR) is 131 cm³/mol. The van der Waals surface area contributed by atoms with Crippen LogP contribution >= 0.6 is 0 Å². The fourth-order valence-electron chi connectivity index (χ4n) is 4.43. The second-order valence-corrected chi connectivity index (χ2v) is 8.62. The maximum absolute atomic E-state index is 13.8. The Balaban J connectivity index is 1.80. The number of rotatable bonds is 7. The maximum Gasteiger partial charge on any atom is 0.279 e. The van der Waals surface area contributed by atoms with Crippen molar-refractivity contribution in [1.29, 1.82) is 0 Å². The summed E-state index contributed by atoms with van der Waals surface area (Å²) in [5, 5.41) is 3.22. The Labute approximate surface area is 200 Å². The number of carbonyl (C=O) groups is 2. The third kappa shape index (κ3) is 5.42. The standard InChI is InChI=1S/C27H30N4O3/c1-19-7-6-10-22(17-19)31(27(33)24-18-28-15-16-29-24)25(20-11-13-23(34-2)14-12-20)26(32)30-21-8-4-3-5-9-21/h6-7,10-18,21,25H,3-5,8-9H2,1-2H3,(H,30,32)/t25-/m0/s1. The molecule has 0 saturated heterocycles. The van der Waals surface area contributed by atoms with Crippen molar-refractivity contribution in [1.82, 2.24) is 15.3 Å². The fraction of sp³-hybridized carbons (Fsp3) is 0.333. The SMILES string of the molecule is COc1ccc([C@@H](C(=O)NC2CCCCC2)N(C(=O)c2cnccn2)c2cccc(C)c2)cc1. The summed E-state index contributed by atoms with van der Waals surface area (Å²) in [6.45, 7) is 1.96. The van der Waals surface area contributed by atoms with Gasteiger partial charge in [0.25, 0.3) is 5.91 Å². The van der Waals surface area contributed by atoms with Crippen molar-refractivity contribution in [3.05, 3.63) is 83.9 Å². The number of ether oxygens (including phenoxy) is 1. The van der Waals surface area contributed by atoms with Crippen LogP contribution in [-0.4, -0.2) is 34.9 Å². The highest BCUT2D eigenvalue weighted by Gasteiger charge is 2.35. The number of hydrogen-bond acceptors (Lipinski definition) is 5. The van der Waals surface area contributed by atoms with Crippen LogP contribution in [0.3, 0.4) is 0 Å². The number of nitrogens with one attached hydrogen (secondary N) is 1. The molecule has 0 bridgehead atoms. The van der Waals surface area contributed by atoms with E-state index in [0.29, 0.717) is 17.0 Å². The molecule has 2 aromatic carbocycles. The summed E-state index contributed by atoms with van der Waals surface area (Å²) in [4.78, 5) is 37.5. The third-order valence-electron chi connectivity index (χ3n) is 6.17. The van der Waals surface area contributed by atoms with E-state index in [1.54, 1.807) is 19.2 Å². The van der Waals surface area contributed by atoms with Gasteiger partial charge in [0.1, 0.15) is 17.5 Å². The molecular weight excluding hydrogens is 428 g/mol. The number of anilines is 1. The minimum Gasteiger partial charge on any atom is -0.497 e. The number of nitrogens with zero attached hydrogens (tertiary/aromatic N) is 3. The van der Waals surface area contributed by atoms with E-state index in [0.717, 1.165) is 31.2 Å². The molecule has 7 nitrogen and oxygen atoms in total. The summed E-state index contributed by atoms with van der Waals surface area (Å²) < 4.78 is 5.31. The van der Waals surface area contributed by atoms with Gasteiger partial charge < -0.3 is 10.1 Å². The lowest BCUT2D eigenvalue weighted by atomic mass is 9.94. The van der Waals surface area contributed by atoms with Crippen molar-refractivity contribution in [2.75, 3.05) is 12.0 Å². The Bertz CT molecular complexity index is 1110. The van der Waals surface area contributed by atoms with Crippen LogP contribution in [0.5, 0.6) is 5.75 Å². The van der Waals surface area contributed by atoms with E-state index in [1.807, 2.05) is 43.3 Å². The molecule has 1 aliphatic carbocycles. The number of aromatic nitrogens is 2. The molecule has 0 spiro atoms. The monoisotopic (exact) mass is 458 g/mol. The van der Waals surface area contributed by atoms with E-state index in [9.17, 15) is 9.59 Å². The largest absolute Gasteiger partial charge is 0.497 e. The van der Waals surface area contributed by atoms with Crippen LogP contribution in [0.25, 0.3) is 0 Å². The van der Waals surface area contributed by atoms with Gasteiger partial charge in [0.05, 0.1) is 13.3 Å². The third-order valence-corrected chi connectivity index (χ3v) is 6.17. The van der Waals surface area contributed by atoms with E-state index >= 15 is 0 Å². The first kappa shape index (κ1) is 23.4. The molecule has 1 saturated carbocycles. The molecule has 1 atom stereocenters. The van der Waals surface area contributed by atoms with Gasteiger partial charge >= 0.3 is 0 Å². The summed E-state index contributed by atoms with van der Waals surface area (Å²) in [6, 6.07) is 14.1. The van der Waals surface area contributed by atoms with Crippen LogP contribution in [0.15, 0.2) is 67.1 Å². The van der Waals surface area contributed by atoms with Gasteiger partial charge in [0, 0.05) is 24.1 Å². The average Bonchev–Trinajstić information content (AvgIpc) is 2.88. The summed E-state index contributed by atoms with van der Waals surface area (Å²) in [6.07, 6.45) is 9.70. The first-order valence-electron chi connectivity index (χ1n) is 11.7. The summed E-state index contributed by atoms with van der Waals surface area (Å²) >= 11 is 0. The van der Waals surface area contributed by atoms with E-state index in [1.165, 1.54) is 29.9 Å². The van der Waals surface area contributed by atoms with Gasteiger partial charge in [-0.05, 0) is 55.2 Å². The highest BCUT2D eigenvalue weighted by molar-refractivity contribution is 6.09. The van der Waals surface area contributed by atoms with E-state index in [4.69, 9.17) is 4.74 Å². The van der Waals surface area contributed by atoms with Crippen molar-refractivity contribution in [2.45, 2.75) is 51.1 Å². The van der Waals surface area contributed by atoms with Gasteiger partial charge in [-0.25, -0.2) is 4.98 Å². The Hall–Kier alpha value is -3.74. The first-order chi connectivity index (χ1) is 16.6. The lowest BCUT2D eigenvalue weighted by Gasteiger charge is -2.33. The normalized spacial score (nSPS) is 14.8. The van der Waals surface area contributed by atoms with Crippen molar-refractivity contribution in [3.8, 4) is 5.75 Å². The molecule has 1 aliphatic rings. The molecule has 1 heterocycles. The predicted octanol–water partition coefficient (Wildman–Crippen LogP) is 4.63. The molecule has 0 radical (unpaired) electrons. The highest BCUT2D eigenvalue weighted by Crippen LogP contribution is 2.31. The minimum atomic E-state index is -0.885. The fourth-order valence-corrected chi connectivity index (χ4v) is 4.43. The quantitative estimate of drug-likeness (QED) is 0.558. The molecular formula is C27H30N4O3. The zero-order chi connectivity index (χ0) is 23.9. The molecule has 0 aliphatic heterocycles. The van der Waals surface area contributed by atoms with E-state index in [2.05, 4.69) is 15.3 Å². The van der Waals surface area contributed by atoms with Crippen LogP contribution < -0.4 is 15.0 Å². The Morgan fingerprint density at radius 2 is 1.82 bits per heavy atom. The molecule has 1 N–H and O–H groups in total. The summed E-state index contributed by atoms with van der Waals surface area (Å²) in [5.74, 6) is 0.0756.